The van der Waals surface area contributed by atoms with Gasteiger partial charge in [0.05, 0.1) is 0 Å². The fourth-order valence-corrected chi connectivity index (χ4v) is 3.07. The maximum atomic E-state index is 12.4. The summed E-state index contributed by atoms with van der Waals surface area (Å²) in [6, 6.07) is 25.4. The van der Waals surface area contributed by atoms with E-state index in [9.17, 15) is 4.79 Å². The third-order valence-corrected chi connectivity index (χ3v) is 4.72. The van der Waals surface area contributed by atoms with Crippen molar-refractivity contribution >= 4 is 38.6 Å². The summed E-state index contributed by atoms with van der Waals surface area (Å²) in [7, 11) is 0. The lowest BCUT2D eigenvalue weighted by molar-refractivity contribution is 0.104. The number of hydrogen-bond acceptors (Lipinski definition) is 2. The Balaban J connectivity index is 1.53. The third kappa shape index (κ3) is 3.53. The van der Waals surface area contributed by atoms with Crippen LogP contribution in [0.5, 0.6) is 0 Å². The molecule has 0 atom stereocenters. The van der Waals surface area contributed by atoms with Crippen LogP contribution in [0.1, 0.15) is 16.1 Å². The predicted octanol–water partition coefficient (Wildman–Crippen LogP) is 6.76. The van der Waals surface area contributed by atoms with Crippen LogP contribution in [-0.4, -0.2) is 5.78 Å². The normalized spacial score (nSPS) is 11.3. The molecule has 0 amide bonds. The van der Waals surface area contributed by atoms with E-state index in [4.69, 9.17) is 4.42 Å². The Morgan fingerprint density at radius 1 is 0.846 bits per heavy atom. The molecule has 0 bridgehead atoms. The summed E-state index contributed by atoms with van der Waals surface area (Å²) < 4.78 is 6.83. The SMILES string of the molecule is O=C(C=Cc1ccc(-c2ccc(Br)cc2)o1)c1ccc2ccccc2c1. The molecular weight excluding hydrogens is 388 g/mol. The van der Waals surface area contributed by atoms with E-state index in [0.29, 0.717) is 11.3 Å². The van der Waals surface area contributed by atoms with Gasteiger partial charge >= 0.3 is 0 Å². The fourth-order valence-electron chi connectivity index (χ4n) is 2.81. The van der Waals surface area contributed by atoms with Crippen molar-refractivity contribution in [2.45, 2.75) is 0 Å². The number of allylic oxidation sites excluding steroid dienone is 1. The van der Waals surface area contributed by atoms with Crippen LogP contribution in [0.2, 0.25) is 0 Å². The fraction of sp³-hybridized carbons (Fsp3) is 0. The Kier molecular flexibility index (Phi) is 4.55. The first-order valence-electron chi connectivity index (χ1n) is 8.26. The summed E-state index contributed by atoms with van der Waals surface area (Å²) in [6.45, 7) is 0. The number of rotatable bonds is 4. The molecule has 0 aliphatic rings. The molecule has 1 heterocycles. The Hall–Kier alpha value is -2.91. The van der Waals surface area contributed by atoms with Gasteiger partial charge in [-0.2, -0.15) is 0 Å². The number of furan rings is 1. The van der Waals surface area contributed by atoms with E-state index in [1.54, 1.807) is 12.2 Å². The van der Waals surface area contributed by atoms with Crippen molar-refractivity contribution in [2.24, 2.45) is 0 Å². The van der Waals surface area contributed by atoms with Gasteiger partial charge in [0, 0.05) is 15.6 Å². The zero-order valence-electron chi connectivity index (χ0n) is 13.9. The lowest BCUT2D eigenvalue weighted by Gasteiger charge is -2.00. The van der Waals surface area contributed by atoms with Crippen molar-refractivity contribution in [3.8, 4) is 11.3 Å². The van der Waals surface area contributed by atoms with E-state index in [1.807, 2.05) is 78.9 Å². The lowest BCUT2D eigenvalue weighted by Crippen LogP contribution is -1.93. The molecule has 4 aromatic rings. The molecule has 0 saturated heterocycles. The highest BCUT2D eigenvalue weighted by Gasteiger charge is 2.05. The first-order chi connectivity index (χ1) is 12.7. The van der Waals surface area contributed by atoms with Gasteiger partial charge in [0.2, 0.25) is 0 Å². The third-order valence-electron chi connectivity index (χ3n) is 4.19. The molecule has 3 heteroatoms. The maximum Gasteiger partial charge on any atom is 0.185 e. The second-order valence-electron chi connectivity index (χ2n) is 5.97. The molecule has 0 saturated carbocycles. The summed E-state index contributed by atoms with van der Waals surface area (Å²) in [5, 5.41) is 2.18. The van der Waals surface area contributed by atoms with E-state index in [0.717, 1.165) is 26.6 Å². The Morgan fingerprint density at radius 2 is 1.62 bits per heavy atom. The van der Waals surface area contributed by atoms with Crippen LogP contribution in [0.15, 0.2) is 93.8 Å². The molecule has 0 radical (unpaired) electrons. The Labute approximate surface area is 159 Å². The molecular formula is C23H15BrO2. The highest BCUT2D eigenvalue weighted by Crippen LogP contribution is 2.24. The quantitative estimate of drug-likeness (QED) is 0.278. The molecule has 3 aromatic carbocycles. The molecule has 26 heavy (non-hydrogen) atoms. The van der Waals surface area contributed by atoms with Crippen LogP contribution in [0, 0.1) is 0 Å². The van der Waals surface area contributed by atoms with Gasteiger partial charge in [-0.05, 0) is 53.3 Å². The smallest absolute Gasteiger partial charge is 0.185 e. The van der Waals surface area contributed by atoms with Crippen LogP contribution < -0.4 is 0 Å². The molecule has 126 valence electrons. The minimum Gasteiger partial charge on any atom is -0.457 e. The molecule has 4 rings (SSSR count). The van der Waals surface area contributed by atoms with Crippen LogP contribution in [0.25, 0.3) is 28.2 Å². The predicted molar refractivity (Wildman–Crippen MR) is 109 cm³/mol. The summed E-state index contributed by atoms with van der Waals surface area (Å²) in [5.41, 5.74) is 1.66. The summed E-state index contributed by atoms with van der Waals surface area (Å²) >= 11 is 3.42. The maximum absolute atomic E-state index is 12.4. The van der Waals surface area contributed by atoms with Crippen molar-refractivity contribution in [3.63, 3.8) is 0 Å². The Bertz CT molecular complexity index is 1100. The molecule has 0 spiro atoms. The van der Waals surface area contributed by atoms with E-state index in [1.165, 1.54) is 0 Å². The van der Waals surface area contributed by atoms with Gasteiger partial charge in [-0.25, -0.2) is 0 Å². The van der Waals surface area contributed by atoms with Gasteiger partial charge in [-0.15, -0.1) is 0 Å². The zero-order chi connectivity index (χ0) is 17.9. The average Bonchev–Trinajstić information content (AvgIpc) is 3.15. The largest absolute Gasteiger partial charge is 0.457 e. The highest BCUT2D eigenvalue weighted by molar-refractivity contribution is 9.10. The summed E-state index contributed by atoms with van der Waals surface area (Å²) in [6.07, 6.45) is 3.26. The van der Waals surface area contributed by atoms with Crippen molar-refractivity contribution < 1.29 is 9.21 Å². The summed E-state index contributed by atoms with van der Waals surface area (Å²) in [5.74, 6) is 1.38. The van der Waals surface area contributed by atoms with Gasteiger partial charge < -0.3 is 4.42 Å². The molecule has 0 fully saturated rings. The molecule has 0 aliphatic heterocycles. The molecule has 0 aliphatic carbocycles. The first-order valence-corrected chi connectivity index (χ1v) is 9.05. The van der Waals surface area contributed by atoms with Crippen LogP contribution in [0.3, 0.4) is 0 Å². The molecule has 1 aromatic heterocycles. The number of hydrogen-bond donors (Lipinski definition) is 0. The lowest BCUT2D eigenvalue weighted by atomic mass is 10.0. The van der Waals surface area contributed by atoms with E-state index in [-0.39, 0.29) is 5.78 Å². The summed E-state index contributed by atoms with van der Waals surface area (Å²) in [4.78, 5) is 12.4. The standard InChI is InChI=1S/C23H15BrO2/c24-20-9-7-17(8-10-20)23-14-12-21(26-23)11-13-22(25)19-6-5-16-3-1-2-4-18(16)15-19/h1-15H. The van der Waals surface area contributed by atoms with Gasteiger partial charge in [0.15, 0.2) is 5.78 Å². The van der Waals surface area contributed by atoms with Gasteiger partial charge in [-0.1, -0.05) is 64.5 Å². The van der Waals surface area contributed by atoms with Gasteiger partial charge in [0.1, 0.15) is 11.5 Å². The minimum atomic E-state index is -0.0441. The van der Waals surface area contributed by atoms with Crippen LogP contribution in [-0.2, 0) is 0 Å². The second-order valence-corrected chi connectivity index (χ2v) is 6.88. The average molecular weight is 403 g/mol. The van der Waals surface area contributed by atoms with Crippen molar-refractivity contribution in [2.75, 3.05) is 0 Å². The number of carbonyl (C=O) groups excluding carboxylic acids is 1. The van der Waals surface area contributed by atoms with Gasteiger partial charge in [0.25, 0.3) is 0 Å². The number of fused-ring (bicyclic) bond motifs is 1. The van der Waals surface area contributed by atoms with E-state index < -0.39 is 0 Å². The molecule has 2 nitrogen and oxygen atoms in total. The van der Waals surface area contributed by atoms with Gasteiger partial charge in [-0.3, -0.25) is 4.79 Å². The Morgan fingerprint density at radius 3 is 2.42 bits per heavy atom. The van der Waals surface area contributed by atoms with Crippen molar-refractivity contribution in [3.05, 3.63) is 101 Å². The highest BCUT2D eigenvalue weighted by atomic mass is 79.9. The second kappa shape index (κ2) is 7.14. The number of benzene rings is 3. The van der Waals surface area contributed by atoms with E-state index >= 15 is 0 Å². The van der Waals surface area contributed by atoms with Crippen LogP contribution >= 0.6 is 15.9 Å². The molecule has 0 N–H and O–H groups in total. The minimum absolute atomic E-state index is 0.0441. The van der Waals surface area contributed by atoms with Crippen LogP contribution in [0.4, 0.5) is 0 Å². The first kappa shape index (κ1) is 16.6. The monoisotopic (exact) mass is 402 g/mol. The number of carbonyl (C=O) groups is 1. The number of halogens is 1. The van der Waals surface area contributed by atoms with E-state index in [2.05, 4.69) is 15.9 Å². The molecule has 0 unspecified atom stereocenters. The van der Waals surface area contributed by atoms with Crippen molar-refractivity contribution in [1.82, 2.24) is 0 Å². The topological polar surface area (TPSA) is 30.2 Å². The zero-order valence-corrected chi connectivity index (χ0v) is 15.4. The number of ketones is 1. The van der Waals surface area contributed by atoms with Crippen molar-refractivity contribution in [1.29, 1.82) is 0 Å².